The molecule has 0 amide bonds. The summed E-state index contributed by atoms with van der Waals surface area (Å²) in [6, 6.07) is 15.3. The van der Waals surface area contributed by atoms with E-state index in [9.17, 15) is 4.39 Å². The number of rotatable bonds is 5. The van der Waals surface area contributed by atoms with Gasteiger partial charge < -0.3 is 0 Å². The van der Waals surface area contributed by atoms with E-state index >= 15 is 0 Å². The summed E-state index contributed by atoms with van der Waals surface area (Å²) in [5.74, 6) is -0.323. The van der Waals surface area contributed by atoms with Crippen LogP contribution in [0.15, 0.2) is 48.5 Å². The molecule has 0 spiro atoms. The van der Waals surface area contributed by atoms with Crippen molar-refractivity contribution in [3.63, 3.8) is 0 Å². The zero-order valence-electron chi connectivity index (χ0n) is 10.8. The summed E-state index contributed by atoms with van der Waals surface area (Å²) in [5.41, 5.74) is 1.61. The topological polar surface area (TPSA) is 0 Å². The van der Waals surface area contributed by atoms with Crippen LogP contribution in [-0.2, 0) is 11.8 Å². The lowest BCUT2D eigenvalue weighted by Gasteiger charge is -2.31. The molecule has 0 heterocycles. The lowest BCUT2D eigenvalue weighted by Crippen LogP contribution is -2.33. The fourth-order valence-electron chi connectivity index (χ4n) is 2.23. The molecule has 0 aromatic heterocycles. The summed E-state index contributed by atoms with van der Waals surface area (Å²) < 4.78 is 14.2. The molecule has 0 bridgehead atoms. The molecule has 2 rings (SSSR count). The molecule has 20 heavy (non-hydrogen) atoms. The minimum absolute atomic E-state index is 0.175. The Balaban J connectivity index is 2.42. The van der Waals surface area contributed by atoms with Crippen LogP contribution < -0.4 is 0 Å². The van der Waals surface area contributed by atoms with E-state index in [-0.39, 0.29) is 16.3 Å². The predicted octanol–water partition coefficient (Wildman–Crippen LogP) is 5.75. The molecule has 0 saturated heterocycles. The van der Waals surface area contributed by atoms with Crippen molar-refractivity contribution in [1.29, 1.82) is 0 Å². The zero-order chi connectivity index (χ0) is 14.6. The first-order chi connectivity index (χ1) is 9.63. The lowest BCUT2D eigenvalue weighted by molar-refractivity contribution is 0.523. The normalized spacial score (nSPS) is 11.6. The summed E-state index contributed by atoms with van der Waals surface area (Å²) in [6.45, 7) is 0. The van der Waals surface area contributed by atoms with Crippen molar-refractivity contribution in [2.24, 2.45) is 0 Å². The van der Waals surface area contributed by atoms with Gasteiger partial charge in [0.05, 0.1) is 5.02 Å². The Bertz CT molecular complexity index is 568. The number of halogens is 4. The Kier molecular flexibility index (Phi) is 5.65. The van der Waals surface area contributed by atoms with Crippen LogP contribution in [0, 0.1) is 5.82 Å². The van der Waals surface area contributed by atoms with Gasteiger partial charge in [-0.05, 0) is 23.6 Å². The van der Waals surface area contributed by atoms with Gasteiger partial charge in [0, 0.05) is 16.1 Å². The first-order valence-electron chi connectivity index (χ1n) is 6.23. The lowest BCUT2D eigenvalue weighted by atomic mass is 9.79. The quantitative estimate of drug-likeness (QED) is 0.541. The van der Waals surface area contributed by atoms with Crippen LogP contribution >= 0.6 is 43.5 Å². The molecule has 0 aliphatic rings. The van der Waals surface area contributed by atoms with Crippen molar-refractivity contribution in [1.82, 2.24) is 0 Å². The third-order valence-corrected chi connectivity index (χ3v) is 5.90. The number of alkyl halides is 2. The van der Waals surface area contributed by atoms with Gasteiger partial charge in [-0.1, -0.05) is 85.9 Å². The van der Waals surface area contributed by atoms with Gasteiger partial charge in [0.15, 0.2) is 0 Å². The van der Waals surface area contributed by atoms with E-state index in [2.05, 4.69) is 44.0 Å². The van der Waals surface area contributed by atoms with Crippen LogP contribution in [0.3, 0.4) is 0 Å². The number of hydrogen-bond acceptors (Lipinski definition) is 0. The Morgan fingerprint density at radius 2 is 1.60 bits per heavy atom. The monoisotopic (exact) mass is 418 g/mol. The van der Waals surface area contributed by atoms with E-state index < -0.39 is 0 Å². The highest BCUT2D eigenvalue weighted by molar-refractivity contribution is 9.09. The molecule has 2 aromatic rings. The average Bonchev–Trinajstić information content (AvgIpc) is 2.50. The molecule has 0 fully saturated rings. The highest BCUT2D eigenvalue weighted by Crippen LogP contribution is 2.34. The Morgan fingerprint density at radius 1 is 0.950 bits per heavy atom. The van der Waals surface area contributed by atoms with Crippen LogP contribution in [-0.4, -0.2) is 10.7 Å². The van der Waals surface area contributed by atoms with E-state index in [1.54, 1.807) is 18.2 Å². The van der Waals surface area contributed by atoms with Crippen LogP contribution in [0.5, 0.6) is 0 Å². The maximum Gasteiger partial charge on any atom is 0.145 e. The fraction of sp³-hybridized carbons (Fsp3) is 0.250. The molecule has 2 aromatic carbocycles. The van der Waals surface area contributed by atoms with Gasteiger partial charge >= 0.3 is 0 Å². The molecule has 0 unspecified atom stereocenters. The molecule has 0 nitrogen and oxygen atoms in total. The molecular formula is C16H14Br2ClF. The molecule has 0 radical (unpaired) electrons. The van der Waals surface area contributed by atoms with Crippen LogP contribution in [0.1, 0.15) is 11.1 Å². The number of hydrogen-bond donors (Lipinski definition) is 0. The standard InChI is InChI=1S/C16H14Br2ClF/c17-10-16(11-18,13-6-2-1-3-7-13)9-12-5-4-8-14(19)15(12)20/h1-8H,9-11H2. The molecular weight excluding hydrogens is 406 g/mol. The van der Waals surface area contributed by atoms with Crippen LogP contribution in [0.2, 0.25) is 5.02 Å². The van der Waals surface area contributed by atoms with Crippen molar-refractivity contribution in [2.45, 2.75) is 11.8 Å². The molecule has 0 saturated carbocycles. The predicted molar refractivity (Wildman–Crippen MR) is 90.8 cm³/mol. The van der Waals surface area contributed by atoms with E-state index in [1.165, 1.54) is 5.56 Å². The second-order valence-electron chi connectivity index (χ2n) is 4.80. The Morgan fingerprint density at radius 3 is 2.20 bits per heavy atom. The van der Waals surface area contributed by atoms with Crippen LogP contribution in [0.4, 0.5) is 4.39 Å². The zero-order valence-corrected chi connectivity index (χ0v) is 14.7. The molecule has 106 valence electrons. The van der Waals surface area contributed by atoms with Crippen molar-refractivity contribution in [3.8, 4) is 0 Å². The van der Waals surface area contributed by atoms with E-state index in [0.717, 1.165) is 10.7 Å². The summed E-state index contributed by atoms with van der Waals surface area (Å²) in [4.78, 5) is 0. The molecule has 0 aliphatic heterocycles. The van der Waals surface area contributed by atoms with Gasteiger partial charge in [0.2, 0.25) is 0 Å². The smallest absolute Gasteiger partial charge is 0.145 e. The van der Waals surface area contributed by atoms with Crippen LogP contribution in [0.25, 0.3) is 0 Å². The fourth-order valence-corrected chi connectivity index (χ4v) is 4.39. The van der Waals surface area contributed by atoms with E-state index in [1.807, 2.05) is 18.2 Å². The molecule has 4 heteroatoms. The van der Waals surface area contributed by atoms with Gasteiger partial charge in [0.25, 0.3) is 0 Å². The highest BCUT2D eigenvalue weighted by Gasteiger charge is 2.31. The summed E-state index contributed by atoms with van der Waals surface area (Å²) in [6.07, 6.45) is 0.583. The van der Waals surface area contributed by atoms with Crippen molar-refractivity contribution >= 4 is 43.5 Å². The van der Waals surface area contributed by atoms with Gasteiger partial charge in [-0.2, -0.15) is 0 Å². The first-order valence-corrected chi connectivity index (χ1v) is 8.85. The van der Waals surface area contributed by atoms with Crippen molar-refractivity contribution in [3.05, 3.63) is 70.5 Å². The van der Waals surface area contributed by atoms with E-state index in [0.29, 0.717) is 12.0 Å². The largest absolute Gasteiger partial charge is 0.205 e. The van der Waals surface area contributed by atoms with Crippen molar-refractivity contribution in [2.75, 3.05) is 10.7 Å². The number of benzene rings is 2. The third-order valence-electron chi connectivity index (χ3n) is 3.46. The van der Waals surface area contributed by atoms with Gasteiger partial charge in [0.1, 0.15) is 5.82 Å². The average molecular weight is 421 g/mol. The highest BCUT2D eigenvalue weighted by atomic mass is 79.9. The van der Waals surface area contributed by atoms with Gasteiger partial charge in [-0.15, -0.1) is 0 Å². The SMILES string of the molecule is Fc1c(Cl)cccc1CC(CBr)(CBr)c1ccccc1. The second-order valence-corrected chi connectivity index (χ2v) is 6.33. The molecule has 0 N–H and O–H groups in total. The van der Waals surface area contributed by atoms with E-state index in [4.69, 9.17) is 11.6 Å². The Labute approximate surface area is 140 Å². The summed E-state index contributed by atoms with van der Waals surface area (Å²) in [7, 11) is 0. The second kappa shape index (κ2) is 7.06. The van der Waals surface area contributed by atoms with Gasteiger partial charge in [-0.25, -0.2) is 4.39 Å². The van der Waals surface area contributed by atoms with Crippen molar-refractivity contribution < 1.29 is 4.39 Å². The first kappa shape index (κ1) is 16.0. The minimum Gasteiger partial charge on any atom is -0.205 e. The Hall–Kier alpha value is -0.380. The molecule has 0 aliphatic carbocycles. The summed E-state index contributed by atoms with van der Waals surface area (Å²) >= 11 is 13.0. The minimum atomic E-state index is -0.323. The van der Waals surface area contributed by atoms with Gasteiger partial charge in [-0.3, -0.25) is 0 Å². The molecule has 0 atom stereocenters. The third kappa shape index (κ3) is 3.26. The maximum absolute atomic E-state index is 14.2. The maximum atomic E-state index is 14.2. The summed E-state index contributed by atoms with van der Waals surface area (Å²) in [5, 5.41) is 1.65.